The summed E-state index contributed by atoms with van der Waals surface area (Å²) in [4.78, 5) is 4.84. The predicted octanol–water partition coefficient (Wildman–Crippen LogP) is 7.17. The normalized spacial score (nSPS) is 17.9. The van der Waals surface area contributed by atoms with Gasteiger partial charge in [-0.2, -0.15) is 0 Å². The highest BCUT2D eigenvalue weighted by atomic mass is 16.6. The Kier molecular flexibility index (Phi) is 11.7. The lowest BCUT2D eigenvalue weighted by Gasteiger charge is -2.19. The van der Waals surface area contributed by atoms with Gasteiger partial charge >= 0.3 is 0 Å². The van der Waals surface area contributed by atoms with Crippen LogP contribution in [-0.4, -0.2) is 31.6 Å². The van der Waals surface area contributed by atoms with Gasteiger partial charge in [0.15, 0.2) is 0 Å². The number of oxime groups is 1. The minimum Gasteiger partial charge on any atom is -0.490 e. The fraction of sp³-hybridized carbons (Fsp3) is 0.483. The Hall–Kier alpha value is -2.79. The number of nitrogens with zero attached hydrogens (tertiary/aromatic N) is 1. The Bertz CT molecular complexity index is 911. The number of rotatable bonds is 10. The van der Waals surface area contributed by atoms with E-state index >= 15 is 0 Å². The molecule has 5 heteroatoms. The van der Waals surface area contributed by atoms with E-state index in [0.717, 1.165) is 58.7 Å². The van der Waals surface area contributed by atoms with Crippen LogP contribution >= 0.6 is 0 Å². The maximum absolute atomic E-state index is 6.39. The average Bonchev–Trinajstić information content (AvgIpc) is 3.29. The van der Waals surface area contributed by atoms with Crippen LogP contribution in [0.4, 0.5) is 0 Å². The summed E-state index contributed by atoms with van der Waals surface area (Å²) in [5.41, 5.74) is 5.28. The summed E-state index contributed by atoms with van der Waals surface area (Å²) in [5.74, 6) is 1.85. The zero-order valence-electron chi connectivity index (χ0n) is 21.9. The van der Waals surface area contributed by atoms with E-state index < -0.39 is 0 Å². The summed E-state index contributed by atoms with van der Waals surface area (Å²) in [5, 5.41) is 3.97. The molecule has 1 fully saturated rings. The highest BCUT2D eigenvalue weighted by molar-refractivity contribution is 5.98. The molecule has 5 nitrogen and oxygen atoms in total. The second kappa shape index (κ2) is 14.5. The van der Waals surface area contributed by atoms with Crippen molar-refractivity contribution in [2.24, 2.45) is 5.16 Å². The van der Waals surface area contributed by atoms with Crippen LogP contribution in [0.15, 0.2) is 53.7 Å². The van der Waals surface area contributed by atoms with Gasteiger partial charge < -0.3 is 19.0 Å². The number of aryl methyl sites for hydroxylation is 2. The van der Waals surface area contributed by atoms with Crippen molar-refractivity contribution < 1.29 is 19.0 Å². The van der Waals surface area contributed by atoms with Crippen LogP contribution in [0.3, 0.4) is 0 Å². The SMILES string of the molecule is C/C=C/COc1cc(C)c(OC2CCC(OCc3ccc(/C(C)=N\OC)cc3)C2)c(C)c1.CC. The Morgan fingerprint density at radius 1 is 1.03 bits per heavy atom. The Balaban J connectivity index is 0.00000199. The lowest BCUT2D eigenvalue weighted by atomic mass is 10.1. The first-order valence-electron chi connectivity index (χ1n) is 12.3. The van der Waals surface area contributed by atoms with E-state index in [1.54, 1.807) is 7.11 Å². The molecule has 2 atom stereocenters. The van der Waals surface area contributed by atoms with Gasteiger partial charge in [-0.3, -0.25) is 0 Å². The molecule has 2 aromatic rings. The van der Waals surface area contributed by atoms with E-state index in [0.29, 0.717) is 13.2 Å². The molecule has 2 aromatic carbocycles. The Morgan fingerprint density at radius 3 is 2.29 bits per heavy atom. The van der Waals surface area contributed by atoms with Crippen molar-refractivity contribution >= 4 is 5.71 Å². The zero-order valence-corrected chi connectivity index (χ0v) is 21.9. The van der Waals surface area contributed by atoms with Gasteiger partial charge in [-0.1, -0.05) is 55.4 Å². The average molecular weight is 468 g/mol. The molecule has 0 spiro atoms. The maximum Gasteiger partial charge on any atom is 0.125 e. The lowest BCUT2D eigenvalue weighted by Crippen LogP contribution is -2.16. The van der Waals surface area contributed by atoms with E-state index in [1.165, 1.54) is 0 Å². The molecule has 34 heavy (non-hydrogen) atoms. The van der Waals surface area contributed by atoms with Crippen LogP contribution in [0.5, 0.6) is 11.5 Å². The summed E-state index contributed by atoms with van der Waals surface area (Å²) in [6.45, 7) is 13.3. The molecule has 0 saturated heterocycles. The van der Waals surface area contributed by atoms with E-state index in [9.17, 15) is 0 Å². The van der Waals surface area contributed by atoms with Gasteiger partial charge in [0, 0.05) is 6.42 Å². The summed E-state index contributed by atoms with van der Waals surface area (Å²) in [6, 6.07) is 12.4. The van der Waals surface area contributed by atoms with Crippen LogP contribution in [0, 0.1) is 13.8 Å². The van der Waals surface area contributed by atoms with Crippen LogP contribution in [0.2, 0.25) is 0 Å². The summed E-state index contributed by atoms with van der Waals surface area (Å²) < 4.78 is 18.3. The molecule has 0 amide bonds. The monoisotopic (exact) mass is 467 g/mol. The fourth-order valence-corrected chi connectivity index (χ4v) is 3.99. The van der Waals surface area contributed by atoms with Crippen molar-refractivity contribution in [2.75, 3.05) is 13.7 Å². The summed E-state index contributed by atoms with van der Waals surface area (Å²) in [7, 11) is 1.56. The number of hydrogen-bond donors (Lipinski definition) is 0. The number of benzene rings is 2. The van der Waals surface area contributed by atoms with Crippen molar-refractivity contribution in [1.82, 2.24) is 0 Å². The highest BCUT2D eigenvalue weighted by Gasteiger charge is 2.27. The molecule has 0 aliphatic heterocycles. The van der Waals surface area contributed by atoms with Gasteiger partial charge in [0.1, 0.15) is 31.3 Å². The summed E-state index contributed by atoms with van der Waals surface area (Å²) >= 11 is 0. The van der Waals surface area contributed by atoms with Crippen molar-refractivity contribution in [3.8, 4) is 11.5 Å². The van der Waals surface area contributed by atoms with E-state index in [2.05, 4.69) is 55.4 Å². The molecule has 0 N–H and O–H groups in total. The molecule has 1 saturated carbocycles. The van der Waals surface area contributed by atoms with Crippen molar-refractivity contribution in [3.05, 3.63) is 70.8 Å². The quantitative estimate of drug-likeness (QED) is 0.211. The van der Waals surface area contributed by atoms with Gasteiger partial charge in [0.2, 0.25) is 0 Å². The number of ether oxygens (including phenoxy) is 3. The van der Waals surface area contributed by atoms with Gasteiger partial charge in [-0.25, -0.2) is 0 Å². The van der Waals surface area contributed by atoms with Crippen LogP contribution in [0.1, 0.15) is 69.2 Å². The molecule has 3 rings (SSSR count). The smallest absolute Gasteiger partial charge is 0.125 e. The second-order valence-electron chi connectivity index (χ2n) is 8.31. The van der Waals surface area contributed by atoms with Gasteiger partial charge in [-0.15, -0.1) is 0 Å². The third-order valence-electron chi connectivity index (χ3n) is 5.72. The third kappa shape index (κ3) is 8.21. The maximum atomic E-state index is 6.39. The van der Waals surface area contributed by atoms with E-state index in [1.807, 2.05) is 39.8 Å². The molecular weight excluding hydrogens is 426 g/mol. The van der Waals surface area contributed by atoms with Crippen molar-refractivity contribution in [2.45, 2.75) is 79.6 Å². The molecule has 0 heterocycles. The predicted molar refractivity (Wildman–Crippen MR) is 140 cm³/mol. The molecule has 0 aromatic heterocycles. The number of hydrogen-bond acceptors (Lipinski definition) is 5. The molecule has 1 aliphatic carbocycles. The molecule has 0 bridgehead atoms. The van der Waals surface area contributed by atoms with E-state index in [4.69, 9.17) is 19.0 Å². The fourth-order valence-electron chi connectivity index (χ4n) is 3.99. The molecular formula is C29H41NO4. The van der Waals surface area contributed by atoms with Gasteiger partial charge in [-0.05, 0) is 74.9 Å². The van der Waals surface area contributed by atoms with Crippen LogP contribution in [-0.2, 0) is 16.2 Å². The highest BCUT2D eigenvalue weighted by Crippen LogP contribution is 2.33. The standard InChI is InChI=1S/C27H35NO4.C2H6/c1-6-7-14-30-26-15-19(2)27(20(3)16-26)32-25-13-12-24(17-25)31-18-22-8-10-23(11-9-22)21(4)28-29-5;1-2/h6-11,15-16,24-25H,12-14,17-18H2,1-5H3;1-2H3/b7-6+,28-21-;. The van der Waals surface area contributed by atoms with Gasteiger partial charge in [0.05, 0.1) is 18.4 Å². The largest absolute Gasteiger partial charge is 0.490 e. The second-order valence-corrected chi connectivity index (χ2v) is 8.31. The van der Waals surface area contributed by atoms with Crippen LogP contribution in [0.25, 0.3) is 0 Å². The molecule has 186 valence electrons. The first-order chi connectivity index (χ1) is 16.5. The molecule has 2 unspecified atom stereocenters. The minimum absolute atomic E-state index is 0.183. The number of allylic oxidation sites excluding steroid dienone is 1. The van der Waals surface area contributed by atoms with Gasteiger partial charge in [0.25, 0.3) is 0 Å². The van der Waals surface area contributed by atoms with Crippen molar-refractivity contribution in [3.63, 3.8) is 0 Å². The summed E-state index contributed by atoms with van der Waals surface area (Å²) in [6.07, 6.45) is 7.33. The minimum atomic E-state index is 0.183. The first-order valence-corrected chi connectivity index (χ1v) is 12.3. The van der Waals surface area contributed by atoms with E-state index in [-0.39, 0.29) is 12.2 Å². The third-order valence-corrected chi connectivity index (χ3v) is 5.72. The Morgan fingerprint density at radius 2 is 1.68 bits per heavy atom. The van der Waals surface area contributed by atoms with Crippen molar-refractivity contribution in [1.29, 1.82) is 0 Å². The lowest BCUT2D eigenvalue weighted by molar-refractivity contribution is 0.0377. The molecule has 0 radical (unpaired) electrons. The Labute approximate surface area is 205 Å². The first kappa shape index (κ1) is 27.5. The van der Waals surface area contributed by atoms with Crippen LogP contribution < -0.4 is 9.47 Å². The topological polar surface area (TPSA) is 49.3 Å². The molecule has 1 aliphatic rings. The zero-order chi connectivity index (χ0) is 24.9.